The molecule has 0 aliphatic rings. The van der Waals surface area contributed by atoms with Crippen LogP contribution in [0.15, 0.2) is 36.4 Å². The quantitative estimate of drug-likeness (QED) is 0.869. The largest absolute Gasteiger partial charge is 0.508 e. The molecule has 2 heteroatoms. The molecular formula is C17H23NO. The monoisotopic (exact) mass is 257 g/mol. The molecule has 2 aromatic carbocycles. The standard InChI is InChI=1S/C17H23NO/c1-4-14(5-2)18(3)12-16-15-9-7-6-8-13(15)10-11-17(16)19/h6-11,14,19H,4-5,12H2,1-3H3. The van der Waals surface area contributed by atoms with Gasteiger partial charge in [0.05, 0.1) is 0 Å². The number of hydrogen-bond donors (Lipinski definition) is 1. The second kappa shape index (κ2) is 6.07. The molecule has 0 atom stereocenters. The summed E-state index contributed by atoms with van der Waals surface area (Å²) in [5.41, 5.74) is 1.03. The third kappa shape index (κ3) is 2.90. The summed E-state index contributed by atoms with van der Waals surface area (Å²) in [6.07, 6.45) is 2.27. The number of fused-ring (bicyclic) bond motifs is 1. The van der Waals surface area contributed by atoms with Gasteiger partial charge in [-0.15, -0.1) is 0 Å². The van der Waals surface area contributed by atoms with Crippen LogP contribution in [0.5, 0.6) is 5.75 Å². The topological polar surface area (TPSA) is 23.5 Å². The van der Waals surface area contributed by atoms with E-state index in [0.29, 0.717) is 11.8 Å². The Morgan fingerprint density at radius 1 is 1.05 bits per heavy atom. The summed E-state index contributed by atoms with van der Waals surface area (Å²) < 4.78 is 0. The minimum absolute atomic E-state index is 0.400. The van der Waals surface area contributed by atoms with E-state index in [1.807, 2.05) is 18.2 Å². The van der Waals surface area contributed by atoms with Crippen molar-refractivity contribution in [1.82, 2.24) is 4.90 Å². The minimum Gasteiger partial charge on any atom is -0.508 e. The van der Waals surface area contributed by atoms with Crippen LogP contribution in [-0.2, 0) is 6.54 Å². The van der Waals surface area contributed by atoms with E-state index < -0.39 is 0 Å². The van der Waals surface area contributed by atoms with E-state index in [4.69, 9.17) is 0 Å². The third-order valence-electron chi connectivity index (χ3n) is 3.99. The van der Waals surface area contributed by atoms with Gasteiger partial charge in [0, 0.05) is 18.2 Å². The van der Waals surface area contributed by atoms with Crippen molar-refractivity contribution in [3.05, 3.63) is 42.0 Å². The number of phenols is 1. The van der Waals surface area contributed by atoms with Gasteiger partial charge in [-0.25, -0.2) is 0 Å². The predicted molar refractivity (Wildman–Crippen MR) is 81.4 cm³/mol. The molecule has 0 aliphatic carbocycles. The van der Waals surface area contributed by atoms with Crippen LogP contribution in [0.25, 0.3) is 10.8 Å². The summed E-state index contributed by atoms with van der Waals surface area (Å²) in [6.45, 7) is 5.22. The SMILES string of the molecule is CCC(CC)N(C)Cc1c(O)ccc2ccccc12. The van der Waals surface area contributed by atoms with Crippen LogP contribution in [-0.4, -0.2) is 23.1 Å². The van der Waals surface area contributed by atoms with Crippen molar-refractivity contribution >= 4 is 10.8 Å². The molecule has 1 N–H and O–H groups in total. The fourth-order valence-electron chi connectivity index (χ4n) is 2.78. The van der Waals surface area contributed by atoms with E-state index in [-0.39, 0.29) is 0 Å². The van der Waals surface area contributed by atoms with Gasteiger partial charge in [-0.1, -0.05) is 44.2 Å². The first-order valence-electron chi connectivity index (χ1n) is 7.07. The van der Waals surface area contributed by atoms with E-state index in [1.165, 1.54) is 5.39 Å². The molecule has 0 saturated carbocycles. The van der Waals surface area contributed by atoms with Crippen LogP contribution in [0, 0.1) is 0 Å². The van der Waals surface area contributed by atoms with Gasteiger partial charge in [0.2, 0.25) is 0 Å². The van der Waals surface area contributed by atoms with Crippen molar-refractivity contribution in [2.45, 2.75) is 39.3 Å². The van der Waals surface area contributed by atoms with Crippen molar-refractivity contribution in [2.75, 3.05) is 7.05 Å². The second-order valence-corrected chi connectivity index (χ2v) is 5.17. The Morgan fingerprint density at radius 3 is 2.42 bits per heavy atom. The molecule has 0 heterocycles. The average Bonchev–Trinajstić information content (AvgIpc) is 2.43. The first-order valence-corrected chi connectivity index (χ1v) is 7.07. The van der Waals surface area contributed by atoms with Crippen molar-refractivity contribution in [3.8, 4) is 5.75 Å². The number of phenolic OH excluding ortho intramolecular Hbond substituents is 1. The van der Waals surface area contributed by atoms with Crippen LogP contribution in [0.4, 0.5) is 0 Å². The lowest BCUT2D eigenvalue weighted by Crippen LogP contribution is -2.30. The summed E-state index contributed by atoms with van der Waals surface area (Å²) in [5, 5.41) is 12.5. The number of aromatic hydroxyl groups is 1. The lowest BCUT2D eigenvalue weighted by Gasteiger charge is -2.27. The van der Waals surface area contributed by atoms with Crippen LogP contribution in [0.1, 0.15) is 32.3 Å². The Kier molecular flexibility index (Phi) is 4.43. The fraction of sp³-hybridized carbons (Fsp3) is 0.412. The molecule has 0 amide bonds. The molecule has 0 unspecified atom stereocenters. The summed E-state index contributed by atoms with van der Waals surface area (Å²) in [7, 11) is 2.14. The predicted octanol–water partition coefficient (Wildman–Crippen LogP) is 4.17. The number of rotatable bonds is 5. The Labute approximate surface area is 115 Å². The zero-order valence-electron chi connectivity index (χ0n) is 12.1. The van der Waals surface area contributed by atoms with Gasteiger partial charge in [-0.2, -0.15) is 0 Å². The average molecular weight is 257 g/mol. The summed E-state index contributed by atoms with van der Waals surface area (Å²) in [4.78, 5) is 2.33. The Hall–Kier alpha value is -1.54. The summed E-state index contributed by atoms with van der Waals surface area (Å²) in [5.74, 6) is 0.400. The van der Waals surface area contributed by atoms with Gasteiger partial charge in [0.1, 0.15) is 5.75 Å². The maximum absolute atomic E-state index is 10.2. The van der Waals surface area contributed by atoms with Crippen molar-refractivity contribution in [2.24, 2.45) is 0 Å². The lowest BCUT2D eigenvalue weighted by atomic mass is 10.0. The molecule has 2 aromatic rings. The minimum atomic E-state index is 0.400. The van der Waals surface area contributed by atoms with Gasteiger partial charge in [0.25, 0.3) is 0 Å². The Balaban J connectivity index is 2.36. The fourth-order valence-corrected chi connectivity index (χ4v) is 2.78. The second-order valence-electron chi connectivity index (χ2n) is 5.17. The molecule has 2 nitrogen and oxygen atoms in total. The van der Waals surface area contributed by atoms with Crippen LogP contribution in [0.3, 0.4) is 0 Å². The van der Waals surface area contributed by atoms with E-state index in [2.05, 4.69) is 37.9 Å². The van der Waals surface area contributed by atoms with E-state index >= 15 is 0 Å². The van der Waals surface area contributed by atoms with Gasteiger partial charge < -0.3 is 5.11 Å². The molecule has 0 bridgehead atoms. The van der Waals surface area contributed by atoms with Gasteiger partial charge in [-0.3, -0.25) is 4.90 Å². The normalized spacial score (nSPS) is 11.6. The highest BCUT2D eigenvalue weighted by atomic mass is 16.3. The van der Waals surface area contributed by atoms with Crippen molar-refractivity contribution < 1.29 is 5.11 Å². The molecule has 0 fully saturated rings. The summed E-state index contributed by atoms with van der Waals surface area (Å²) in [6, 6.07) is 12.6. The van der Waals surface area contributed by atoms with Gasteiger partial charge in [0.15, 0.2) is 0 Å². The molecule has 0 spiro atoms. The molecule has 102 valence electrons. The van der Waals surface area contributed by atoms with Crippen molar-refractivity contribution in [1.29, 1.82) is 0 Å². The van der Waals surface area contributed by atoms with Gasteiger partial charge >= 0.3 is 0 Å². The maximum Gasteiger partial charge on any atom is 0.120 e. The van der Waals surface area contributed by atoms with E-state index in [0.717, 1.165) is 30.3 Å². The first-order chi connectivity index (χ1) is 9.17. The van der Waals surface area contributed by atoms with E-state index in [9.17, 15) is 5.11 Å². The van der Waals surface area contributed by atoms with Gasteiger partial charge in [-0.05, 0) is 36.7 Å². The maximum atomic E-state index is 10.2. The molecule has 0 saturated heterocycles. The molecule has 0 radical (unpaired) electrons. The smallest absolute Gasteiger partial charge is 0.120 e. The number of benzene rings is 2. The van der Waals surface area contributed by atoms with E-state index in [1.54, 1.807) is 6.07 Å². The van der Waals surface area contributed by atoms with Crippen molar-refractivity contribution in [3.63, 3.8) is 0 Å². The highest BCUT2D eigenvalue weighted by molar-refractivity contribution is 5.87. The lowest BCUT2D eigenvalue weighted by molar-refractivity contribution is 0.220. The molecule has 0 aliphatic heterocycles. The molecule has 2 rings (SSSR count). The Morgan fingerprint density at radius 2 is 1.74 bits per heavy atom. The molecular weight excluding hydrogens is 234 g/mol. The summed E-state index contributed by atoms with van der Waals surface area (Å²) >= 11 is 0. The number of nitrogens with zero attached hydrogens (tertiary/aromatic N) is 1. The highest BCUT2D eigenvalue weighted by Gasteiger charge is 2.14. The van der Waals surface area contributed by atoms with Crippen LogP contribution >= 0.6 is 0 Å². The highest BCUT2D eigenvalue weighted by Crippen LogP contribution is 2.28. The first kappa shape index (κ1) is 13.9. The van der Waals surface area contributed by atoms with Crippen LogP contribution < -0.4 is 0 Å². The zero-order valence-corrected chi connectivity index (χ0v) is 12.1. The number of hydrogen-bond acceptors (Lipinski definition) is 2. The molecule has 19 heavy (non-hydrogen) atoms. The molecule has 0 aromatic heterocycles. The Bertz CT molecular complexity index is 546. The van der Waals surface area contributed by atoms with Crippen LogP contribution in [0.2, 0.25) is 0 Å². The zero-order chi connectivity index (χ0) is 13.8. The third-order valence-corrected chi connectivity index (χ3v) is 3.99.